The molecule has 4 heteroatoms. The van der Waals surface area contributed by atoms with Crippen LogP contribution in [-0.4, -0.2) is 33.7 Å². The summed E-state index contributed by atoms with van der Waals surface area (Å²) in [6.45, 7) is 3.90. The molecule has 17 heavy (non-hydrogen) atoms. The molecule has 0 saturated carbocycles. The number of hydrogen-bond donors (Lipinski definition) is 2. The molecule has 3 rings (SSSR count). The number of nitrogens with one attached hydrogen (secondary N) is 1. The summed E-state index contributed by atoms with van der Waals surface area (Å²) in [4.78, 5) is 5.33. The fourth-order valence-electron chi connectivity index (χ4n) is 2.53. The standard InChI is InChI=1S/C13H15FN2O/c1-13(17)7-16(8-13)6-9-5-10-11(14)3-2-4-12(10)15-9/h2-5,15,17H,6-8H2,1H3. The second kappa shape index (κ2) is 3.55. The molecule has 0 spiro atoms. The summed E-state index contributed by atoms with van der Waals surface area (Å²) < 4.78 is 13.5. The molecule has 0 amide bonds. The molecule has 1 aromatic heterocycles. The molecular weight excluding hydrogens is 219 g/mol. The Morgan fingerprint density at radius 1 is 1.47 bits per heavy atom. The first kappa shape index (κ1) is 10.7. The lowest BCUT2D eigenvalue weighted by Crippen LogP contribution is -2.59. The topological polar surface area (TPSA) is 39.3 Å². The maximum Gasteiger partial charge on any atom is 0.132 e. The molecule has 2 heterocycles. The number of nitrogens with zero attached hydrogens (tertiary/aromatic N) is 1. The minimum absolute atomic E-state index is 0.194. The highest BCUT2D eigenvalue weighted by Crippen LogP contribution is 2.24. The Hall–Kier alpha value is -1.39. The van der Waals surface area contributed by atoms with Gasteiger partial charge < -0.3 is 10.1 Å². The van der Waals surface area contributed by atoms with E-state index >= 15 is 0 Å². The van der Waals surface area contributed by atoms with Crippen molar-refractivity contribution >= 4 is 10.9 Å². The van der Waals surface area contributed by atoms with Gasteiger partial charge in [0, 0.05) is 36.2 Å². The van der Waals surface area contributed by atoms with Gasteiger partial charge in [0.25, 0.3) is 0 Å². The molecule has 0 bridgehead atoms. The average molecular weight is 234 g/mol. The van der Waals surface area contributed by atoms with Crippen LogP contribution >= 0.6 is 0 Å². The summed E-state index contributed by atoms with van der Waals surface area (Å²) in [7, 11) is 0. The summed E-state index contributed by atoms with van der Waals surface area (Å²) in [5.41, 5.74) is 1.25. The average Bonchev–Trinajstić information content (AvgIpc) is 2.59. The van der Waals surface area contributed by atoms with Crippen LogP contribution in [0.25, 0.3) is 10.9 Å². The van der Waals surface area contributed by atoms with E-state index in [9.17, 15) is 9.50 Å². The summed E-state index contributed by atoms with van der Waals surface area (Å²) in [6.07, 6.45) is 0. The molecular formula is C13H15FN2O. The molecule has 1 aliphatic heterocycles. The van der Waals surface area contributed by atoms with E-state index in [0.717, 1.165) is 17.8 Å². The van der Waals surface area contributed by atoms with Crippen molar-refractivity contribution in [2.45, 2.75) is 19.1 Å². The van der Waals surface area contributed by atoms with E-state index in [1.165, 1.54) is 6.07 Å². The van der Waals surface area contributed by atoms with Crippen molar-refractivity contribution in [3.8, 4) is 0 Å². The highest BCUT2D eigenvalue weighted by Gasteiger charge is 2.36. The molecule has 2 aromatic rings. The molecule has 1 saturated heterocycles. The minimum atomic E-state index is -0.558. The van der Waals surface area contributed by atoms with Crippen molar-refractivity contribution in [1.29, 1.82) is 0 Å². The lowest BCUT2D eigenvalue weighted by molar-refractivity contribution is -0.0874. The fraction of sp³-hybridized carbons (Fsp3) is 0.385. The van der Waals surface area contributed by atoms with Crippen molar-refractivity contribution < 1.29 is 9.50 Å². The highest BCUT2D eigenvalue weighted by atomic mass is 19.1. The third-order valence-electron chi connectivity index (χ3n) is 3.19. The zero-order chi connectivity index (χ0) is 12.0. The molecule has 2 N–H and O–H groups in total. The lowest BCUT2D eigenvalue weighted by Gasteiger charge is -2.44. The Bertz CT molecular complexity index is 554. The van der Waals surface area contributed by atoms with Crippen LogP contribution in [0.1, 0.15) is 12.6 Å². The number of aromatic amines is 1. The molecule has 90 valence electrons. The normalized spacial score (nSPS) is 19.5. The van der Waals surface area contributed by atoms with Crippen molar-refractivity contribution in [3.05, 3.63) is 35.8 Å². The third-order valence-corrected chi connectivity index (χ3v) is 3.19. The number of likely N-dealkylation sites (tertiary alicyclic amines) is 1. The third kappa shape index (κ3) is 1.94. The first-order valence-electron chi connectivity index (χ1n) is 5.74. The van der Waals surface area contributed by atoms with E-state index in [0.29, 0.717) is 18.5 Å². The van der Waals surface area contributed by atoms with Crippen molar-refractivity contribution in [3.63, 3.8) is 0 Å². The van der Waals surface area contributed by atoms with Crippen LogP contribution < -0.4 is 0 Å². The Kier molecular flexibility index (Phi) is 2.24. The van der Waals surface area contributed by atoms with Crippen LogP contribution in [0.3, 0.4) is 0 Å². The van der Waals surface area contributed by atoms with E-state index in [1.54, 1.807) is 6.07 Å². The number of hydrogen-bond acceptors (Lipinski definition) is 2. The highest BCUT2D eigenvalue weighted by molar-refractivity contribution is 5.80. The van der Waals surface area contributed by atoms with Gasteiger partial charge in [-0.25, -0.2) is 4.39 Å². The van der Waals surface area contributed by atoms with Crippen molar-refractivity contribution in [2.24, 2.45) is 0 Å². The maximum absolute atomic E-state index is 13.5. The van der Waals surface area contributed by atoms with Gasteiger partial charge in [-0.2, -0.15) is 0 Å². The maximum atomic E-state index is 13.5. The van der Waals surface area contributed by atoms with Gasteiger partial charge in [0.15, 0.2) is 0 Å². The second-order valence-electron chi connectivity index (χ2n) is 5.14. The van der Waals surface area contributed by atoms with Crippen LogP contribution in [-0.2, 0) is 6.54 Å². The molecule has 0 atom stereocenters. The number of H-pyrrole nitrogens is 1. The van der Waals surface area contributed by atoms with Gasteiger partial charge in [0.05, 0.1) is 5.60 Å². The van der Waals surface area contributed by atoms with E-state index in [1.807, 2.05) is 19.1 Å². The molecule has 3 nitrogen and oxygen atoms in total. The van der Waals surface area contributed by atoms with Crippen molar-refractivity contribution in [2.75, 3.05) is 13.1 Å². The summed E-state index contributed by atoms with van der Waals surface area (Å²) in [6, 6.07) is 6.88. The predicted octanol–water partition coefficient (Wildman–Crippen LogP) is 1.87. The Morgan fingerprint density at radius 2 is 2.24 bits per heavy atom. The van der Waals surface area contributed by atoms with Gasteiger partial charge in [0.2, 0.25) is 0 Å². The molecule has 1 aromatic carbocycles. The van der Waals surface area contributed by atoms with E-state index in [4.69, 9.17) is 0 Å². The molecule has 0 aliphatic carbocycles. The Labute approximate surface area is 98.9 Å². The number of benzene rings is 1. The molecule has 0 unspecified atom stereocenters. The Balaban J connectivity index is 1.80. The number of rotatable bonds is 2. The summed E-state index contributed by atoms with van der Waals surface area (Å²) in [5.74, 6) is -0.194. The van der Waals surface area contributed by atoms with Gasteiger partial charge >= 0.3 is 0 Å². The van der Waals surface area contributed by atoms with Crippen LogP contribution in [0, 0.1) is 5.82 Å². The van der Waals surface area contributed by atoms with Gasteiger partial charge in [-0.1, -0.05) is 6.07 Å². The largest absolute Gasteiger partial charge is 0.388 e. The van der Waals surface area contributed by atoms with Gasteiger partial charge in [-0.3, -0.25) is 4.90 Å². The fourth-order valence-corrected chi connectivity index (χ4v) is 2.53. The van der Waals surface area contributed by atoms with E-state index < -0.39 is 5.60 Å². The zero-order valence-corrected chi connectivity index (χ0v) is 9.70. The first-order chi connectivity index (χ1) is 8.03. The number of fused-ring (bicyclic) bond motifs is 1. The molecule has 0 radical (unpaired) electrons. The quantitative estimate of drug-likeness (QED) is 0.832. The van der Waals surface area contributed by atoms with Gasteiger partial charge in [-0.15, -0.1) is 0 Å². The Morgan fingerprint density at radius 3 is 2.88 bits per heavy atom. The van der Waals surface area contributed by atoms with E-state index in [2.05, 4.69) is 9.88 Å². The van der Waals surface area contributed by atoms with Crippen molar-refractivity contribution in [1.82, 2.24) is 9.88 Å². The summed E-state index contributed by atoms with van der Waals surface area (Å²) in [5, 5.41) is 10.3. The van der Waals surface area contributed by atoms with Crippen LogP contribution in [0.4, 0.5) is 4.39 Å². The number of aromatic nitrogens is 1. The van der Waals surface area contributed by atoms with Crippen LogP contribution in [0.5, 0.6) is 0 Å². The lowest BCUT2D eigenvalue weighted by atomic mass is 9.97. The van der Waals surface area contributed by atoms with E-state index in [-0.39, 0.29) is 5.82 Å². The first-order valence-corrected chi connectivity index (χ1v) is 5.74. The minimum Gasteiger partial charge on any atom is -0.388 e. The number of β-amino-alcohol motifs (C(OH)–C–C–N with tert-alkyl or cyclic N) is 1. The van der Waals surface area contributed by atoms with Crippen LogP contribution in [0.15, 0.2) is 24.3 Å². The second-order valence-corrected chi connectivity index (χ2v) is 5.14. The monoisotopic (exact) mass is 234 g/mol. The molecule has 1 fully saturated rings. The van der Waals surface area contributed by atoms with Gasteiger partial charge in [-0.05, 0) is 25.1 Å². The summed E-state index contributed by atoms with van der Waals surface area (Å²) >= 11 is 0. The van der Waals surface area contributed by atoms with Crippen LogP contribution in [0.2, 0.25) is 0 Å². The van der Waals surface area contributed by atoms with Gasteiger partial charge in [0.1, 0.15) is 5.82 Å². The molecule has 1 aliphatic rings. The number of aliphatic hydroxyl groups is 1. The predicted molar refractivity (Wildman–Crippen MR) is 64.2 cm³/mol. The smallest absolute Gasteiger partial charge is 0.132 e. The SMILES string of the molecule is CC1(O)CN(Cc2cc3c(F)cccc3[nH]2)C1. The zero-order valence-electron chi connectivity index (χ0n) is 9.70. The number of halogens is 1.